The molecule has 1 aliphatic rings. The molecule has 0 radical (unpaired) electrons. The summed E-state index contributed by atoms with van der Waals surface area (Å²) in [6.45, 7) is 5.31. The number of carbonyl (C=O) groups is 1. The van der Waals surface area contributed by atoms with Crippen molar-refractivity contribution in [1.82, 2.24) is 14.8 Å². The van der Waals surface area contributed by atoms with Crippen LogP contribution in [-0.2, 0) is 30.6 Å². The Morgan fingerprint density at radius 3 is 2.84 bits per heavy atom. The summed E-state index contributed by atoms with van der Waals surface area (Å²) in [6.07, 6.45) is 8.11. The Balaban J connectivity index is 1.30. The summed E-state index contributed by atoms with van der Waals surface area (Å²) in [5.74, 6) is 1.80. The Morgan fingerprint density at radius 1 is 1.27 bits per heavy atom. The second kappa shape index (κ2) is 13.3. The lowest BCUT2D eigenvalue weighted by Gasteiger charge is -2.10. The molecule has 10 heteroatoms. The molecule has 1 amide bonds. The van der Waals surface area contributed by atoms with Crippen molar-refractivity contribution in [1.29, 1.82) is 5.26 Å². The molecule has 0 saturated heterocycles. The van der Waals surface area contributed by atoms with Crippen LogP contribution in [0.5, 0.6) is 5.75 Å². The standard InChI is InChI=1S/C27H32ClN5O2S2/c1-3-33-24(11-8-14-35-22-13-12-19(28)15-18(22)2)31-32-27(33)36-17-25(34)30-26-21(16-29)20-9-6-4-5-7-10-23(20)37-26/h12-13,15H,3-11,14,17H2,1-2H3,(H,30,34). The highest BCUT2D eigenvalue weighted by Crippen LogP contribution is 2.36. The molecule has 0 atom stereocenters. The largest absolute Gasteiger partial charge is 0.493 e. The Kier molecular flexibility index (Phi) is 9.89. The number of halogens is 1. The summed E-state index contributed by atoms with van der Waals surface area (Å²) in [5.41, 5.74) is 2.80. The third-order valence-corrected chi connectivity index (χ3v) is 8.83. The van der Waals surface area contributed by atoms with Gasteiger partial charge in [0.05, 0.1) is 17.9 Å². The molecule has 196 valence electrons. The topological polar surface area (TPSA) is 92.8 Å². The fourth-order valence-corrected chi connectivity index (χ4v) is 6.84. The smallest absolute Gasteiger partial charge is 0.235 e. The van der Waals surface area contributed by atoms with E-state index in [1.807, 2.05) is 36.6 Å². The lowest BCUT2D eigenvalue weighted by molar-refractivity contribution is -0.113. The van der Waals surface area contributed by atoms with Crippen molar-refractivity contribution in [3.8, 4) is 11.8 Å². The molecule has 0 aliphatic heterocycles. The van der Waals surface area contributed by atoms with Crippen LogP contribution in [0.4, 0.5) is 5.00 Å². The highest BCUT2D eigenvalue weighted by Gasteiger charge is 2.21. The number of aryl methyl sites for hydroxylation is 3. The Morgan fingerprint density at radius 2 is 2.08 bits per heavy atom. The average Bonchev–Trinajstić information content (AvgIpc) is 3.40. The predicted octanol–water partition coefficient (Wildman–Crippen LogP) is 6.59. The third-order valence-electron chi connectivity index (χ3n) is 6.42. The molecule has 3 aromatic rings. The fraction of sp³-hybridized carbons (Fsp3) is 0.481. The maximum atomic E-state index is 12.8. The minimum atomic E-state index is -0.130. The maximum Gasteiger partial charge on any atom is 0.235 e. The van der Waals surface area contributed by atoms with E-state index < -0.39 is 0 Å². The number of hydrogen-bond donors (Lipinski definition) is 1. The highest BCUT2D eigenvalue weighted by atomic mass is 35.5. The van der Waals surface area contributed by atoms with Crippen molar-refractivity contribution in [3.05, 3.63) is 50.6 Å². The summed E-state index contributed by atoms with van der Waals surface area (Å²) in [4.78, 5) is 14.0. The van der Waals surface area contributed by atoms with Gasteiger partial charge in [0.2, 0.25) is 5.91 Å². The van der Waals surface area contributed by atoms with Crippen LogP contribution >= 0.6 is 34.7 Å². The normalized spacial score (nSPS) is 13.4. The molecule has 0 fully saturated rings. The van der Waals surface area contributed by atoms with E-state index in [2.05, 4.69) is 21.6 Å². The van der Waals surface area contributed by atoms with Crippen molar-refractivity contribution in [2.45, 2.75) is 76.9 Å². The van der Waals surface area contributed by atoms with Crippen LogP contribution in [-0.4, -0.2) is 33.0 Å². The molecule has 0 bridgehead atoms. The van der Waals surface area contributed by atoms with Gasteiger partial charge < -0.3 is 14.6 Å². The first-order valence-corrected chi connectivity index (χ1v) is 15.0. The molecule has 1 N–H and O–H groups in total. The number of ether oxygens (including phenoxy) is 1. The Hall–Kier alpha value is -2.54. The third kappa shape index (κ3) is 7.07. The number of nitriles is 1. The van der Waals surface area contributed by atoms with E-state index in [-0.39, 0.29) is 11.7 Å². The molecular formula is C27H32ClN5O2S2. The van der Waals surface area contributed by atoms with Crippen LogP contribution in [0, 0.1) is 18.3 Å². The average molecular weight is 558 g/mol. The van der Waals surface area contributed by atoms with Gasteiger partial charge in [-0.05, 0) is 75.3 Å². The maximum absolute atomic E-state index is 12.8. The van der Waals surface area contributed by atoms with Crippen LogP contribution in [0.2, 0.25) is 5.02 Å². The van der Waals surface area contributed by atoms with Crippen molar-refractivity contribution in [2.24, 2.45) is 0 Å². The van der Waals surface area contributed by atoms with Crippen LogP contribution in [0.15, 0.2) is 23.4 Å². The van der Waals surface area contributed by atoms with E-state index in [0.717, 1.165) is 72.9 Å². The van der Waals surface area contributed by atoms with Crippen LogP contribution in [0.25, 0.3) is 0 Å². The van der Waals surface area contributed by atoms with Gasteiger partial charge in [0.15, 0.2) is 5.16 Å². The van der Waals surface area contributed by atoms with Crippen LogP contribution in [0.3, 0.4) is 0 Å². The van der Waals surface area contributed by atoms with Crippen molar-refractivity contribution in [2.75, 3.05) is 17.7 Å². The number of nitrogens with zero attached hydrogens (tertiary/aromatic N) is 4. The van der Waals surface area contributed by atoms with Gasteiger partial charge in [0.25, 0.3) is 0 Å². The number of benzene rings is 1. The molecule has 1 aliphatic carbocycles. The van der Waals surface area contributed by atoms with Gasteiger partial charge in [-0.1, -0.05) is 36.2 Å². The van der Waals surface area contributed by atoms with Crippen molar-refractivity contribution < 1.29 is 9.53 Å². The highest BCUT2D eigenvalue weighted by molar-refractivity contribution is 7.99. The number of thioether (sulfide) groups is 1. The van der Waals surface area contributed by atoms with Gasteiger partial charge in [0.1, 0.15) is 22.6 Å². The number of nitrogens with one attached hydrogen (secondary N) is 1. The summed E-state index contributed by atoms with van der Waals surface area (Å²) in [6, 6.07) is 7.94. The quantitative estimate of drug-likeness (QED) is 0.223. The number of rotatable bonds is 10. The molecule has 0 spiro atoms. The first-order chi connectivity index (χ1) is 18.0. The Labute approximate surface area is 231 Å². The zero-order valence-electron chi connectivity index (χ0n) is 21.3. The van der Waals surface area contributed by atoms with Gasteiger partial charge >= 0.3 is 0 Å². The summed E-state index contributed by atoms with van der Waals surface area (Å²) in [7, 11) is 0. The molecule has 1 aromatic carbocycles. The van der Waals surface area contributed by atoms with E-state index in [4.69, 9.17) is 16.3 Å². The summed E-state index contributed by atoms with van der Waals surface area (Å²) >= 11 is 8.95. The lowest BCUT2D eigenvalue weighted by atomic mass is 9.97. The van der Waals surface area contributed by atoms with Crippen LogP contribution in [0.1, 0.15) is 66.4 Å². The van der Waals surface area contributed by atoms with Gasteiger partial charge in [-0.15, -0.1) is 21.5 Å². The van der Waals surface area contributed by atoms with Gasteiger partial charge in [-0.2, -0.15) is 5.26 Å². The minimum absolute atomic E-state index is 0.130. The molecule has 4 rings (SSSR count). The second-order valence-electron chi connectivity index (χ2n) is 9.08. The predicted molar refractivity (Wildman–Crippen MR) is 150 cm³/mol. The number of thiophene rings is 1. The number of fused-ring (bicyclic) bond motifs is 1. The zero-order valence-corrected chi connectivity index (χ0v) is 23.7. The number of carbonyl (C=O) groups excluding carboxylic acids is 1. The number of hydrogen-bond acceptors (Lipinski definition) is 7. The van der Waals surface area contributed by atoms with Gasteiger partial charge in [-0.3, -0.25) is 4.79 Å². The molecule has 37 heavy (non-hydrogen) atoms. The van der Waals surface area contributed by atoms with E-state index in [1.54, 1.807) is 11.3 Å². The minimum Gasteiger partial charge on any atom is -0.493 e. The van der Waals surface area contributed by atoms with Gasteiger partial charge in [-0.25, -0.2) is 0 Å². The van der Waals surface area contributed by atoms with Crippen LogP contribution < -0.4 is 10.1 Å². The molecular weight excluding hydrogens is 526 g/mol. The molecule has 0 saturated carbocycles. The summed E-state index contributed by atoms with van der Waals surface area (Å²) in [5, 5.41) is 23.5. The zero-order chi connectivity index (χ0) is 26.2. The van der Waals surface area contributed by atoms with Crippen molar-refractivity contribution in [3.63, 3.8) is 0 Å². The SMILES string of the molecule is CCn1c(CCCOc2ccc(Cl)cc2C)nnc1SCC(=O)Nc1sc2c(c1C#N)CCCCCC2. The molecule has 2 heterocycles. The molecule has 0 unspecified atom stereocenters. The van der Waals surface area contributed by atoms with E-state index in [9.17, 15) is 10.1 Å². The first-order valence-electron chi connectivity index (χ1n) is 12.8. The molecule has 2 aromatic heterocycles. The monoisotopic (exact) mass is 557 g/mol. The molecule has 7 nitrogen and oxygen atoms in total. The fourth-order valence-electron chi connectivity index (χ4n) is 4.53. The van der Waals surface area contributed by atoms with Gasteiger partial charge in [0, 0.05) is 22.9 Å². The first kappa shape index (κ1) is 27.5. The number of amides is 1. The second-order valence-corrected chi connectivity index (χ2v) is 11.6. The summed E-state index contributed by atoms with van der Waals surface area (Å²) < 4.78 is 7.94. The van der Waals surface area contributed by atoms with Crippen molar-refractivity contribution >= 4 is 45.6 Å². The Bertz CT molecular complexity index is 1280. The lowest BCUT2D eigenvalue weighted by Crippen LogP contribution is -2.15. The van der Waals surface area contributed by atoms with E-state index in [1.165, 1.54) is 29.5 Å². The number of anilines is 1. The van der Waals surface area contributed by atoms with E-state index in [0.29, 0.717) is 22.2 Å². The number of aromatic nitrogens is 3. The van der Waals surface area contributed by atoms with E-state index >= 15 is 0 Å².